The second kappa shape index (κ2) is 7.98. The summed E-state index contributed by atoms with van der Waals surface area (Å²) in [6.45, 7) is 13.2. The van der Waals surface area contributed by atoms with Gasteiger partial charge in [0, 0.05) is 24.5 Å². The number of hydrogen-bond acceptors (Lipinski definition) is 4. The van der Waals surface area contributed by atoms with Crippen LogP contribution in [0.25, 0.3) is 0 Å². The van der Waals surface area contributed by atoms with E-state index in [1.807, 2.05) is 6.92 Å². The second-order valence-corrected chi connectivity index (χ2v) is 6.65. The van der Waals surface area contributed by atoms with Crippen LogP contribution in [0, 0.1) is 5.92 Å². The van der Waals surface area contributed by atoms with Crippen molar-refractivity contribution in [3.05, 3.63) is 16.1 Å². The first-order valence-electron chi connectivity index (χ1n) is 7.41. The van der Waals surface area contributed by atoms with Crippen LogP contribution in [0.4, 0.5) is 0 Å². The highest BCUT2D eigenvalue weighted by Gasteiger charge is 2.18. The van der Waals surface area contributed by atoms with E-state index in [1.165, 1.54) is 18.5 Å². The zero-order valence-corrected chi connectivity index (χ0v) is 13.8. The van der Waals surface area contributed by atoms with Gasteiger partial charge in [-0.05, 0) is 25.7 Å². The van der Waals surface area contributed by atoms with Crippen molar-refractivity contribution in [1.29, 1.82) is 0 Å². The van der Waals surface area contributed by atoms with E-state index in [9.17, 15) is 0 Å². The molecule has 1 aromatic rings. The number of hydrogen-bond donors (Lipinski definition) is 1. The van der Waals surface area contributed by atoms with Crippen LogP contribution >= 0.6 is 11.3 Å². The molecule has 110 valence electrons. The summed E-state index contributed by atoms with van der Waals surface area (Å²) in [5.41, 5.74) is 7.06. The summed E-state index contributed by atoms with van der Waals surface area (Å²) >= 11 is 1.68. The van der Waals surface area contributed by atoms with Gasteiger partial charge in [-0.2, -0.15) is 0 Å². The quantitative estimate of drug-likeness (QED) is 0.789. The Hall–Kier alpha value is -0.450. The van der Waals surface area contributed by atoms with Gasteiger partial charge in [-0.1, -0.05) is 27.7 Å². The van der Waals surface area contributed by atoms with Crippen LogP contribution in [0.1, 0.15) is 64.2 Å². The highest BCUT2D eigenvalue weighted by Crippen LogP contribution is 2.20. The van der Waals surface area contributed by atoms with Crippen molar-refractivity contribution in [2.45, 2.75) is 66.1 Å². The van der Waals surface area contributed by atoms with Crippen LogP contribution < -0.4 is 5.73 Å². The van der Waals surface area contributed by atoms with E-state index in [2.05, 4.69) is 43.0 Å². The molecule has 0 saturated carbocycles. The molecule has 0 aliphatic rings. The Labute approximate surface area is 122 Å². The minimum Gasteiger partial charge on any atom is -0.322 e. The number of nitrogens with zero attached hydrogens (tertiary/aromatic N) is 2. The van der Waals surface area contributed by atoms with Gasteiger partial charge in [0.15, 0.2) is 0 Å². The lowest BCUT2D eigenvalue weighted by atomic mass is 10.1. The van der Waals surface area contributed by atoms with Gasteiger partial charge in [-0.3, -0.25) is 4.90 Å². The maximum absolute atomic E-state index is 5.89. The molecule has 0 bridgehead atoms. The van der Waals surface area contributed by atoms with Crippen LogP contribution in [-0.2, 0) is 6.54 Å². The van der Waals surface area contributed by atoms with Gasteiger partial charge in [0.05, 0.1) is 11.7 Å². The third kappa shape index (κ3) is 5.21. The molecule has 0 aliphatic heterocycles. The lowest BCUT2D eigenvalue weighted by Crippen LogP contribution is -2.36. The molecule has 0 aromatic carbocycles. The highest BCUT2D eigenvalue weighted by atomic mass is 32.1. The number of rotatable bonds is 8. The largest absolute Gasteiger partial charge is 0.322 e. The monoisotopic (exact) mass is 283 g/mol. The van der Waals surface area contributed by atoms with Crippen molar-refractivity contribution >= 4 is 11.3 Å². The zero-order valence-electron chi connectivity index (χ0n) is 13.0. The van der Waals surface area contributed by atoms with Crippen molar-refractivity contribution in [2.24, 2.45) is 11.7 Å². The molecule has 0 aliphatic carbocycles. The highest BCUT2D eigenvalue weighted by molar-refractivity contribution is 7.09. The molecule has 2 N–H and O–H groups in total. The maximum Gasteiger partial charge on any atom is 0.109 e. The zero-order chi connectivity index (χ0) is 14.4. The smallest absolute Gasteiger partial charge is 0.109 e. The minimum absolute atomic E-state index is 0.0467. The van der Waals surface area contributed by atoms with Crippen molar-refractivity contribution < 1.29 is 0 Å². The maximum atomic E-state index is 5.89. The van der Waals surface area contributed by atoms with Gasteiger partial charge < -0.3 is 5.73 Å². The molecule has 0 fully saturated rings. The summed E-state index contributed by atoms with van der Waals surface area (Å²) in [7, 11) is 0. The predicted octanol–water partition coefficient (Wildman–Crippen LogP) is 3.81. The van der Waals surface area contributed by atoms with Crippen LogP contribution in [0.3, 0.4) is 0 Å². The van der Waals surface area contributed by atoms with Crippen molar-refractivity contribution in [2.75, 3.05) is 6.54 Å². The Bertz CT molecular complexity index is 356. The molecule has 4 heteroatoms. The van der Waals surface area contributed by atoms with Crippen molar-refractivity contribution in [3.8, 4) is 0 Å². The fraction of sp³-hybridized carbons (Fsp3) is 0.800. The van der Waals surface area contributed by atoms with Crippen LogP contribution in [0.15, 0.2) is 5.38 Å². The van der Waals surface area contributed by atoms with E-state index in [0.717, 1.165) is 18.1 Å². The summed E-state index contributed by atoms with van der Waals surface area (Å²) < 4.78 is 0. The van der Waals surface area contributed by atoms with E-state index >= 15 is 0 Å². The summed E-state index contributed by atoms with van der Waals surface area (Å²) in [6, 6.07) is 0.702. The molecular weight excluding hydrogens is 254 g/mol. The van der Waals surface area contributed by atoms with Gasteiger partial charge in [0.1, 0.15) is 5.01 Å². The molecule has 0 spiro atoms. The Balaban J connectivity index is 2.74. The molecule has 1 atom stereocenters. The van der Waals surface area contributed by atoms with Gasteiger partial charge >= 0.3 is 0 Å². The average molecular weight is 283 g/mol. The number of nitrogens with two attached hydrogens (primary N) is 1. The first-order valence-corrected chi connectivity index (χ1v) is 8.29. The van der Waals surface area contributed by atoms with Crippen molar-refractivity contribution in [1.82, 2.24) is 9.88 Å². The summed E-state index contributed by atoms with van der Waals surface area (Å²) in [4.78, 5) is 7.23. The van der Waals surface area contributed by atoms with E-state index in [4.69, 9.17) is 5.73 Å². The Morgan fingerprint density at radius 1 is 1.26 bits per heavy atom. The summed E-state index contributed by atoms with van der Waals surface area (Å²) in [5, 5.41) is 3.21. The lowest BCUT2D eigenvalue weighted by molar-refractivity contribution is 0.156. The molecule has 0 saturated heterocycles. The SMILES string of the molecule is CCC(CC)N(Cc1csc(C(C)N)n1)CC(C)C. The molecule has 0 amide bonds. The third-order valence-corrected chi connectivity index (χ3v) is 4.48. The fourth-order valence-electron chi connectivity index (χ4n) is 2.43. The van der Waals surface area contributed by atoms with E-state index in [-0.39, 0.29) is 6.04 Å². The molecule has 1 unspecified atom stereocenters. The molecule has 3 nitrogen and oxygen atoms in total. The molecule has 19 heavy (non-hydrogen) atoms. The second-order valence-electron chi connectivity index (χ2n) is 5.76. The number of aromatic nitrogens is 1. The van der Waals surface area contributed by atoms with Gasteiger partial charge in [-0.15, -0.1) is 11.3 Å². The number of thiazole rings is 1. The topological polar surface area (TPSA) is 42.1 Å². The van der Waals surface area contributed by atoms with Crippen molar-refractivity contribution in [3.63, 3.8) is 0 Å². The van der Waals surface area contributed by atoms with Gasteiger partial charge in [-0.25, -0.2) is 4.98 Å². The first kappa shape index (κ1) is 16.6. The Morgan fingerprint density at radius 3 is 2.32 bits per heavy atom. The third-order valence-electron chi connectivity index (χ3n) is 3.38. The van der Waals surface area contributed by atoms with Gasteiger partial charge in [0.25, 0.3) is 0 Å². The standard InChI is InChI=1S/C15H29N3S/c1-6-14(7-2)18(8-11(3)4)9-13-10-19-15(17-13)12(5)16/h10-12,14H,6-9,16H2,1-5H3. The molecular formula is C15H29N3S. The lowest BCUT2D eigenvalue weighted by Gasteiger charge is -2.31. The molecule has 1 heterocycles. The molecule has 0 radical (unpaired) electrons. The Kier molecular flexibility index (Phi) is 6.97. The first-order chi connectivity index (χ1) is 8.97. The summed E-state index contributed by atoms with van der Waals surface area (Å²) in [5.74, 6) is 0.687. The van der Waals surface area contributed by atoms with E-state index in [0.29, 0.717) is 12.0 Å². The van der Waals surface area contributed by atoms with Crippen LogP contribution in [0.5, 0.6) is 0 Å². The fourth-order valence-corrected chi connectivity index (χ4v) is 3.20. The minimum atomic E-state index is 0.0467. The predicted molar refractivity (Wildman–Crippen MR) is 84.3 cm³/mol. The molecule has 1 rings (SSSR count). The van der Waals surface area contributed by atoms with Crippen LogP contribution in [-0.4, -0.2) is 22.5 Å². The Morgan fingerprint density at radius 2 is 1.89 bits per heavy atom. The van der Waals surface area contributed by atoms with E-state index in [1.54, 1.807) is 11.3 Å². The average Bonchev–Trinajstić information content (AvgIpc) is 2.78. The normalized spacial score (nSPS) is 13.7. The van der Waals surface area contributed by atoms with E-state index < -0.39 is 0 Å². The van der Waals surface area contributed by atoms with Gasteiger partial charge in [0.2, 0.25) is 0 Å². The summed E-state index contributed by atoms with van der Waals surface area (Å²) in [6.07, 6.45) is 2.40. The molecule has 1 aromatic heterocycles. The van der Waals surface area contributed by atoms with Crippen LogP contribution in [0.2, 0.25) is 0 Å².